The van der Waals surface area contributed by atoms with Crippen LogP contribution in [0.3, 0.4) is 0 Å². The smallest absolute Gasteiger partial charge is 0.345 e. The number of carbonyl (C=O) groups excluding carboxylic acids is 1. The quantitative estimate of drug-likeness (QED) is 0.461. The maximum Gasteiger partial charge on any atom is 0.345 e. The molecule has 0 radical (unpaired) electrons. The Labute approximate surface area is 190 Å². The SMILES string of the molecule is CSCCC(NS(=O)(=O)c1ccccc1F)C(=O)NCCCn1nc2n(c1=O)CCCC2. The minimum Gasteiger partial charge on any atom is -0.355 e. The third-order valence-corrected chi connectivity index (χ3v) is 7.38. The van der Waals surface area contributed by atoms with Gasteiger partial charge in [0, 0.05) is 26.1 Å². The lowest BCUT2D eigenvalue weighted by Crippen LogP contribution is -2.47. The van der Waals surface area contributed by atoms with E-state index in [1.54, 1.807) is 4.57 Å². The van der Waals surface area contributed by atoms with E-state index in [1.807, 2.05) is 6.26 Å². The van der Waals surface area contributed by atoms with Crippen molar-refractivity contribution in [2.45, 2.75) is 56.1 Å². The fourth-order valence-corrected chi connectivity index (χ4v) is 5.33. The summed E-state index contributed by atoms with van der Waals surface area (Å²) in [5.41, 5.74) is -0.137. The van der Waals surface area contributed by atoms with E-state index in [4.69, 9.17) is 0 Å². The molecule has 0 fully saturated rings. The van der Waals surface area contributed by atoms with Crippen LogP contribution in [0.25, 0.3) is 0 Å². The van der Waals surface area contributed by atoms with Crippen LogP contribution in [-0.2, 0) is 34.3 Å². The van der Waals surface area contributed by atoms with Gasteiger partial charge in [0.05, 0.1) is 0 Å². The van der Waals surface area contributed by atoms with Gasteiger partial charge in [-0.25, -0.2) is 22.3 Å². The minimum atomic E-state index is -4.20. The molecule has 0 spiro atoms. The topological polar surface area (TPSA) is 115 Å². The van der Waals surface area contributed by atoms with E-state index in [-0.39, 0.29) is 18.7 Å². The number of thioether (sulfide) groups is 1. The van der Waals surface area contributed by atoms with E-state index in [0.717, 1.165) is 37.2 Å². The first kappa shape index (κ1) is 24.5. The van der Waals surface area contributed by atoms with Gasteiger partial charge in [-0.15, -0.1) is 0 Å². The number of rotatable bonds is 11. The highest BCUT2D eigenvalue weighted by Gasteiger charge is 2.27. The number of nitrogens with one attached hydrogen (secondary N) is 2. The summed E-state index contributed by atoms with van der Waals surface area (Å²) in [5.74, 6) is -0.0225. The molecule has 0 saturated heterocycles. The molecule has 9 nitrogen and oxygen atoms in total. The Morgan fingerprint density at radius 1 is 1.31 bits per heavy atom. The molecule has 0 bridgehead atoms. The Kier molecular flexibility index (Phi) is 8.49. The van der Waals surface area contributed by atoms with Gasteiger partial charge in [0.25, 0.3) is 0 Å². The third-order valence-electron chi connectivity index (χ3n) is 5.23. The number of hydrogen-bond acceptors (Lipinski definition) is 6. The lowest BCUT2D eigenvalue weighted by molar-refractivity contribution is -0.122. The first-order chi connectivity index (χ1) is 15.3. The van der Waals surface area contributed by atoms with Gasteiger partial charge in [-0.1, -0.05) is 12.1 Å². The van der Waals surface area contributed by atoms with Crippen molar-refractivity contribution in [2.75, 3.05) is 18.6 Å². The minimum absolute atomic E-state index is 0.137. The number of halogens is 1. The van der Waals surface area contributed by atoms with Crippen molar-refractivity contribution in [1.29, 1.82) is 0 Å². The van der Waals surface area contributed by atoms with Crippen molar-refractivity contribution in [3.05, 3.63) is 46.4 Å². The summed E-state index contributed by atoms with van der Waals surface area (Å²) in [6.07, 6.45) is 5.35. The molecular weight excluding hydrogens is 457 g/mol. The molecule has 1 atom stereocenters. The molecule has 1 aliphatic heterocycles. The monoisotopic (exact) mass is 485 g/mol. The summed E-state index contributed by atoms with van der Waals surface area (Å²) in [6.45, 7) is 1.30. The molecule has 3 rings (SSSR count). The standard InChI is InChI=1S/C20H28FN5O4S2/c1-31-14-10-16(24-32(29,30)17-8-3-2-7-15(17)21)19(27)22-11-6-13-26-20(28)25-12-5-4-9-18(25)23-26/h2-3,7-8,16,24H,4-6,9-14H2,1H3,(H,22,27). The first-order valence-electron chi connectivity index (χ1n) is 10.5. The zero-order chi connectivity index (χ0) is 23.1. The van der Waals surface area contributed by atoms with E-state index >= 15 is 0 Å². The summed E-state index contributed by atoms with van der Waals surface area (Å²) in [6, 6.07) is 4.00. The number of sulfonamides is 1. The normalized spacial score (nSPS) is 14.7. The average Bonchev–Trinajstić information content (AvgIpc) is 3.10. The lowest BCUT2D eigenvalue weighted by atomic mass is 10.2. The van der Waals surface area contributed by atoms with E-state index in [0.29, 0.717) is 25.3 Å². The number of amides is 1. The number of hydrogen-bond donors (Lipinski definition) is 2. The van der Waals surface area contributed by atoms with E-state index in [9.17, 15) is 22.4 Å². The van der Waals surface area contributed by atoms with Gasteiger partial charge >= 0.3 is 5.69 Å². The largest absolute Gasteiger partial charge is 0.355 e. The summed E-state index contributed by atoms with van der Waals surface area (Å²) in [5, 5.41) is 7.07. The van der Waals surface area contributed by atoms with Crippen LogP contribution in [0.4, 0.5) is 4.39 Å². The van der Waals surface area contributed by atoms with Crippen molar-refractivity contribution in [2.24, 2.45) is 0 Å². The lowest BCUT2D eigenvalue weighted by Gasteiger charge is -2.18. The molecular formula is C20H28FN5O4S2. The molecule has 0 aliphatic carbocycles. The van der Waals surface area contributed by atoms with E-state index in [2.05, 4.69) is 15.1 Å². The highest BCUT2D eigenvalue weighted by molar-refractivity contribution is 7.98. The zero-order valence-corrected chi connectivity index (χ0v) is 19.6. The number of aryl methyl sites for hydroxylation is 2. The van der Waals surface area contributed by atoms with E-state index < -0.39 is 32.7 Å². The highest BCUT2D eigenvalue weighted by Crippen LogP contribution is 2.15. The molecule has 2 aromatic rings. The van der Waals surface area contributed by atoms with Crippen LogP contribution in [0.1, 0.15) is 31.5 Å². The Morgan fingerprint density at radius 3 is 2.81 bits per heavy atom. The van der Waals surface area contributed by atoms with Crippen molar-refractivity contribution in [1.82, 2.24) is 24.4 Å². The van der Waals surface area contributed by atoms with Gasteiger partial charge < -0.3 is 5.32 Å². The Hall–Kier alpha value is -2.18. The van der Waals surface area contributed by atoms with Crippen molar-refractivity contribution >= 4 is 27.7 Å². The molecule has 32 heavy (non-hydrogen) atoms. The number of nitrogens with zero attached hydrogens (tertiary/aromatic N) is 3. The summed E-state index contributed by atoms with van der Waals surface area (Å²) < 4.78 is 44.6. The number of aromatic nitrogens is 3. The van der Waals surface area contributed by atoms with Gasteiger partial charge in [-0.3, -0.25) is 9.36 Å². The van der Waals surface area contributed by atoms with E-state index in [1.165, 1.54) is 28.6 Å². The van der Waals surface area contributed by atoms with Crippen LogP contribution in [0.2, 0.25) is 0 Å². The summed E-state index contributed by atoms with van der Waals surface area (Å²) >= 11 is 1.47. The van der Waals surface area contributed by atoms with Gasteiger partial charge in [0.2, 0.25) is 15.9 Å². The Bertz CT molecular complexity index is 1100. The molecule has 1 unspecified atom stereocenters. The predicted octanol–water partition coefficient (Wildman–Crippen LogP) is 1.13. The van der Waals surface area contributed by atoms with Crippen molar-refractivity contribution in [3.8, 4) is 0 Å². The average molecular weight is 486 g/mol. The van der Waals surface area contributed by atoms with Crippen LogP contribution < -0.4 is 15.7 Å². The Balaban J connectivity index is 1.57. The molecule has 176 valence electrons. The molecule has 2 heterocycles. The molecule has 12 heteroatoms. The Morgan fingerprint density at radius 2 is 2.09 bits per heavy atom. The number of fused-ring (bicyclic) bond motifs is 1. The molecule has 2 N–H and O–H groups in total. The molecule has 1 aromatic heterocycles. The molecule has 1 aliphatic rings. The van der Waals surface area contributed by atoms with Crippen molar-refractivity contribution < 1.29 is 17.6 Å². The second-order valence-electron chi connectivity index (χ2n) is 7.56. The fourth-order valence-electron chi connectivity index (χ4n) is 3.55. The summed E-state index contributed by atoms with van der Waals surface area (Å²) in [7, 11) is -4.20. The van der Waals surface area contributed by atoms with Gasteiger partial charge in [-0.05, 0) is 49.8 Å². The molecule has 0 saturated carbocycles. The molecule has 1 amide bonds. The second-order valence-corrected chi connectivity index (χ2v) is 10.2. The number of benzene rings is 1. The number of carbonyl (C=O) groups is 1. The maximum absolute atomic E-state index is 14.0. The first-order valence-corrected chi connectivity index (χ1v) is 13.4. The van der Waals surface area contributed by atoms with Crippen LogP contribution >= 0.6 is 11.8 Å². The second kappa shape index (κ2) is 11.1. The summed E-state index contributed by atoms with van der Waals surface area (Å²) in [4.78, 5) is 24.5. The predicted molar refractivity (Wildman–Crippen MR) is 121 cm³/mol. The zero-order valence-electron chi connectivity index (χ0n) is 17.9. The highest BCUT2D eigenvalue weighted by atomic mass is 32.2. The van der Waals surface area contributed by atoms with Crippen LogP contribution in [0.15, 0.2) is 34.0 Å². The van der Waals surface area contributed by atoms with Crippen LogP contribution in [-0.4, -0.2) is 53.3 Å². The van der Waals surface area contributed by atoms with Gasteiger partial charge in [0.1, 0.15) is 22.6 Å². The molecule has 1 aromatic carbocycles. The van der Waals surface area contributed by atoms with Gasteiger partial charge in [-0.2, -0.15) is 21.6 Å². The van der Waals surface area contributed by atoms with Crippen LogP contribution in [0, 0.1) is 5.82 Å². The fraction of sp³-hybridized carbons (Fsp3) is 0.550. The van der Waals surface area contributed by atoms with Crippen LogP contribution in [0.5, 0.6) is 0 Å². The third kappa shape index (κ3) is 5.99. The van der Waals surface area contributed by atoms with Crippen molar-refractivity contribution in [3.63, 3.8) is 0 Å². The van der Waals surface area contributed by atoms with Gasteiger partial charge in [0.15, 0.2) is 0 Å². The maximum atomic E-state index is 14.0.